The van der Waals surface area contributed by atoms with E-state index in [1.807, 2.05) is 2.90 Å². The first-order chi connectivity index (χ1) is 5.29. The van der Waals surface area contributed by atoms with Crippen LogP contribution in [0.1, 0.15) is 31.7 Å². The van der Waals surface area contributed by atoms with Crippen LogP contribution in [0.2, 0.25) is 0 Å². The van der Waals surface area contributed by atoms with Crippen molar-refractivity contribution in [2.24, 2.45) is 0 Å². The van der Waals surface area contributed by atoms with Crippen LogP contribution in [0.15, 0.2) is 0 Å². The largest absolute Gasteiger partial charge is 0.188 e. The molecule has 0 fully saturated rings. The van der Waals surface area contributed by atoms with Gasteiger partial charge in [0.05, 0.1) is 34.3 Å². The summed E-state index contributed by atoms with van der Waals surface area (Å²) in [7, 11) is 0. The van der Waals surface area contributed by atoms with Crippen molar-refractivity contribution in [3.63, 3.8) is 0 Å². The molecular formula is C7H12IN3. The summed E-state index contributed by atoms with van der Waals surface area (Å²) in [6.07, 6.45) is 3.21. The molecule has 1 heterocycles. The number of hydrogen-bond donors (Lipinski definition) is 0. The lowest BCUT2D eigenvalue weighted by Crippen LogP contribution is -1.93. The zero-order chi connectivity index (χ0) is 8.27. The number of halogens is 1. The van der Waals surface area contributed by atoms with Gasteiger partial charge in [-0.15, -0.1) is 5.10 Å². The minimum atomic E-state index is 1.02. The van der Waals surface area contributed by atoms with Crippen LogP contribution in [0.5, 0.6) is 0 Å². The molecule has 0 unspecified atom stereocenters. The highest BCUT2D eigenvalue weighted by Gasteiger charge is 2.07. The maximum atomic E-state index is 4.08. The third-order valence-electron chi connectivity index (χ3n) is 1.62. The topological polar surface area (TPSA) is 30.7 Å². The average Bonchev–Trinajstić information content (AvgIpc) is 2.33. The quantitative estimate of drug-likeness (QED) is 0.782. The van der Waals surface area contributed by atoms with Crippen molar-refractivity contribution in [3.8, 4) is 0 Å². The Kier molecular flexibility index (Phi) is 3.29. The van der Waals surface area contributed by atoms with E-state index >= 15 is 0 Å². The molecular weight excluding hydrogens is 253 g/mol. The number of hydrogen-bond acceptors (Lipinski definition) is 2. The van der Waals surface area contributed by atoms with Gasteiger partial charge in [-0.1, -0.05) is 25.5 Å². The average molecular weight is 265 g/mol. The minimum absolute atomic E-state index is 1.02. The lowest BCUT2D eigenvalue weighted by molar-refractivity contribution is 0.848. The third kappa shape index (κ3) is 1.91. The van der Waals surface area contributed by atoms with Gasteiger partial charge in [-0.3, -0.25) is 0 Å². The lowest BCUT2D eigenvalue weighted by atomic mass is 10.2. The number of aromatic nitrogens is 3. The number of nitrogens with zero attached hydrogens (tertiary/aromatic N) is 3. The van der Waals surface area contributed by atoms with Crippen LogP contribution in [0.25, 0.3) is 0 Å². The van der Waals surface area contributed by atoms with Crippen LogP contribution in [0.3, 0.4) is 0 Å². The Hall–Kier alpha value is -0.130. The highest BCUT2D eigenvalue weighted by atomic mass is 127. The van der Waals surface area contributed by atoms with E-state index in [1.54, 1.807) is 0 Å². The van der Waals surface area contributed by atoms with Crippen molar-refractivity contribution in [1.82, 2.24) is 13.2 Å². The van der Waals surface area contributed by atoms with Gasteiger partial charge in [0.25, 0.3) is 0 Å². The summed E-state index contributed by atoms with van der Waals surface area (Å²) in [4.78, 5) is 0. The first-order valence-corrected chi connectivity index (χ1v) is 4.85. The molecule has 1 aromatic rings. The summed E-state index contributed by atoms with van der Waals surface area (Å²) >= 11 is 2.16. The molecule has 0 aliphatic rings. The summed E-state index contributed by atoms with van der Waals surface area (Å²) in [6.45, 7) is 4.29. The van der Waals surface area contributed by atoms with Crippen LogP contribution in [-0.4, -0.2) is 13.2 Å². The molecule has 0 N–H and O–H groups in total. The Morgan fingerprint density at radius 1 is 1.45 bits per heavy atom. The van der Waals surface area contributed by atoms with Gasteiger partial charge in [0.15, 0.2) is 0 Å². The standard InChI is InChI=1S/C7H12IN3/c1-3-5-6-7(4-2)11(8)10-9-6/h3-5H2,1-2H3. The van der Waals surface area contributed by atoms with E-state index in [9.17, 15) is 0 Å². The molecule has 3 nitrogen and oxygen atoms in total. The molecule has 0 spiro atoms. The molecule has 0 aliphatic heterocycles. The van der Waals surface area contributed by atoms with E-state index in [0.29, 0.717) is 0 Å². The van der Waals surface area contributed by atoms with E-state index in [-0.39, 0.29) is 0 Å². The van der Waals surface area contributed by atoms with Gasteiger partial charge in [-0.2, -0.15) is 2.90 Å². The van der Waals surface area contributed by atoms with Crippen LogP contribution in [-0.2, 0) is 12.8 Å². The Labute approximate surface area is 80.7 Å². The summed E-state index contributed by atoms with van der Waals surface area (Å²) in [5.74, 6) is 0. The zero-order valence-electron chi connectivity index (χ0n) is 6.84. The van der Waals surface area contributed by atoms with Gasteiger partial charge in [-0.25, -0.2) is 0 Å². The molecule has 0 aromatic carbocycles. The zero-order valence-corrected chi connectivity index (χ0v) is 9.00. The maximum absolute atomic E-state index is 4.08. The second-order valence-corrected chi connectivity index (χ2v) is 3.36. The Morgan fingerprint density at radius 2 is 2.18 bits per heavy atom. The first kappa shape index (κ1) is 8.96. The molecule has 1 rings (SSSR count). The van der Waals surface area contributed by atoms with Crippen LogP contribution < -0.4 is 0 Å². The fourth-order valence-corrected chi connectivity index (χ4v) is 1.79. The summed E-state index contributed by atoms with van der Waals surface area (Å²) < 4.78 is 1.84. The van der Waals surface area contributed by atoms with Crippen LogP contribution >= 0.6 is 22.9 Å². The Balaban J connectivity index is 2.86. The van der Waals surface area contributed by atoms with E-state index in [0.717, 1.165) is 25.0 Å². The van der Waals surface area contributed by atoms with Crippen molar-refractivity contribution < 1.29 is 0 Å². The lowest BCUT2D eigenvalue weighted by Gasteiger charge is -1.96. The summed E-state index contributed by atoms with van der Waals surface area (Å²) in [5, 5.41) is 8.04. The molecule has 0 atom stereocenters. The van der Waals surface area contributed by atoms with Crippen molar-refractivity contribution in [1.29, 1.82) is 0 Å². The molecule has 11 heavy (non-hydrogen) atoms. The Morgan fingerprint density at radius 3 is 2.73 bits per heavy atom. The maximum Gasteiger partial charge on any atom is 0.0868 e. The molecule has 62 valence electrons. The smallest absolute Gasteiger partial charge is 0.0868 e. The predicted octanol–water partition coefficient (Wildman–Crippen LogP) is 1.99. The monoisotopic (exact) mass is 265 g/mol. The molecule has 4 heteroatoms. The molecule has 0 saturated carbocycles. The molecule has 0 saturated heterocycles. The van der Waals surface area contributed by atoms with Gasteiger partial charge in [0.2, 0.25) is 0 Å². The molecule has 0 bridgehead atoms. The van der Waals surface area contributed by atoms with Crippen molar-refractivity contribution in [2.45, 2.75) is 33.1 Å². The molecule has 0 aliphatic carbocycles. The first-order valence-electron chi connectivity index (χ1n) is 3.89. The highest BCUT2D eigenvalue weighted by Crippen LogP contribution is 2.10. The van der Waals surface area contributed by atoms with Crippen molar-refractivity contribution in [3.05, 3.63) is 11.4 Å². The summed E-state index contributed by atoms with van der Waals surface area (Å²) in [5.41, 5.74) is 2.41. The molecule has 0 amide bonds. The second-order valence-electron chi connectivity index (χ2n) is 2.45. The second kappa shape index (κ2) is 4.04. The van der Waals surface area contributed by atoms with Crippen molar-refractivity contribution >= 4 is 22.9 Å². The Bertz CT molecular complexity index is 232. The van der Waals surface area contributed by atoms with Crippen LogP contribution in [0, 0.1) is 0 Å². The molecule has 0 radical (unpaired) electrons. The van der Waals surface area contributed by atoms with Gasteiger partial charge >= 0.3 is 0 Å². The summed E-state index contributed by atoms with van der Waals surface area (Å²) in [6, 6.07) is 0. The number of rotatable bonds is 3. The third-order valence-corrected chi connectivity index (χ3v) is 2.40. The minimum Gasteiger partial charge on any atom is -0.188 e. The van der Waals surface area contributed by atoms with Gasteiger partial charge < -0.3 is 0 Å². The van der Waals surface area contributed by atoms with E-state index in [4.69, 9.17) is 0 Å². The normalized spacial score (nSPS) is 10.5. The highest BCUT2D eigenvalue weighted by molar-refractivity contribution is 14.1. The van der Waals surface area contributed by atoms with E-state index in [1.165, 1.54) is 5.69 Å². The predicted molar refractivity (Wildman–Crippen MR) is 52.8 cm³/mol. The van der Waals surface area contributed by atoms with E-state index in [2.05, 4.69) is 47.0 Å². The SMILES string of the molecule is CCCc1nnn(I)c1CC. The van der Waals surface area contributed by atoms with E-state index < -0.39 is 0 Å². The van der Waals surface area contributed by atoms with Gasteiger partial charge in [0, 0.05) is 0 Å². The fourth-order valence-electron chi connectivity index (χ4n) is 1.08. The van der Waals surface area contributed by atoms with Gasteiger partial charge in [-0.05, 0) is 12.8 Å². The van der Waals surface area contributed by atoms with Gasteiger partial charge in [0.1, 0.15) is 0 Å². The van der Waals surface area contributed by atoms with Crippen LogP contribution in [0.4, 0.5) is 0 Å². The van der Waals surface area contributed by atoms with Crippen molar-refractivity contribution in [2.75, 3.05) is 0 Å². The fraction of sp³-hybridized carbons (Fsp3) is 0.714. The molecule has 1 aromatic heterocycles. The number of aryl methyl sites for hydroxylation is 1.